The van der Waals surface area contributed by atoms with Crippen molar-refractivity contribution in [1.29, 1.82) is 0 Å². The predicted octanol–water partition coefficient (Wildman–Crippen LogP) is 6.61. The molecule has 0 radical (unpaired) electrons. The Labute approximate surface area is 184 Å². The maximum Gasteiger partial charge on any atom is 0.0777 e. The summed E-state index contributed by atoms with van der Waals surface area (Å²) in [6.07, 6.45) is 17.1. The van der Waals surface area contributed by atoms with Gasteiger partial charge in [-0.15, -0.1) is 0 Å². The summed E-state index contributed by atoms with van der Waals surface area (Å²) in [5.74, 6) is 3.34. The van der Waals surface area contributed by atoms with E-state index in [-0.39, 0.29) is 0 Å². The monoisotopic (exact) mass is 412 g/mol. The van der Waals surface area contributed by atoms with Crippen molar-refractivity contribution in [3.8, 4) is 0 Å². The molecule has 0 aliphatic heterocycles. The lowest BCUT2D eigenvalue weighted by Crippen LogP contribution is -2.34. The Morgan fingerprint density at radius 2 is 1.80 bits per heavy atom. The first kappa shape index (κ1) is 23.5. The van der Waals surface area contributed by atoms with Gasteiger partial charge in [0.2, 0.25) is 0 Å². The lowest BCUT2D eigenvalue weighted by atomic mass is 9.62. The summed E-state index contributed by atoms with van der Waals surface area (Å²) in [5.41, 5.74) is 3.99. The number of aliphatic hydroxyl groups is 2. The van der Waals surface area contributed by atoms with Gasteiger partial charge < -0.3 is 10.2 Å². The van der Waals surface area contributed by atoms with Crippen molar-refractivity contribution in [2.75, 3.05) is 0 Å². The molecule has 0 spiro atoms. The van der Waals surface area contributed by atoms with Crippen LogP contribution in [0.5, 0.6) is 0 Å². The molecule has 7 atom stereocenters. The molecule has 2 nitrogen and oxygen atoms in total. The van der Waals surface area contributed by atoms with Gasteiger partial charge in [-0.1, -0.05) is 65.0 Å². The predicted molar refractivity (Wildman–Crippen MR) is 127 cm³/mol. The second kappa shape index (κ2) is 9.57. The van der Waals surface area contributed by atoms with Crippen molar-refractivity contribution in [2.24, 2.45) is 35.0 Å². The van der Waals surface area contributed by atoms with Crippen LogP contribution in [0.4, 0.5) is 0 Å². The van der Waals surface area contributed by atoms with E-state index < -0.39 is 12.2 Å². The highest BCUT2D eigenvalue weighted by Gasteiger charge is 2.49. The molecule has 0 heterocycles. The minimum atomic E-state index is -0.504. The zero-order valence-electron chi connectivity index (χ0n) is 20.1. The van der Waals surface area contributed by atoms with E-state index in [0.29, 0.717) is 41.9 Å². The van der Waals surface area contributed by atoms with Crippen molar-refractivity contribution >= 4 is 0 Å². The summed E-state index contributed by atoms with van der Waals surface area (Å²) in [6.45, 7) is 13.9. The minimum absolute atomic E-state index is 0.369. The fraction of sp³-hybridized carbons (Fsp3) is 0.714. The third kappa shape index (κ3) is 4.86. The van der Waals surface area contributed by atoms with E-state index in [0.717, 1.165) is 23.5 Å². The van der Waals surface area contributed by atoms with E-state index in [1.165, 1.54) is 24.8 Å². The molecule has 2 unspecified atom stereocenters. The van der Waals surface area contributed by atoms with E-state index in [9.17, 15) is 10.2 Å². The van der Waals surface area contributed by atoms with Crippen LogP contribution < -0.4 is 0 Å². The first-order chi connectivity index (χ1) is 14.1. The highest BCUT2D eigenvalue weighted by Crippen LogP contribution is 2.58. The van der Waals surface area contributed by atoms with Crippen LogP contribution in [0.25, 0.3) is 0 Å². The molecule has 30 heavy (non-hydrogen) atoms. The van der Waals surface area contributed by atoms with E-state index in [2.05, 4.69) is 65.0 Å². The number of hydrogen-bond acceptors (Lipinski definition) is 2. The lowest BCUT2D eigenvalue weighted by Gasteiger charge is -2.42. The SMILES string of the molecule is CC1=C(/C=C\C2=CCC[C@@]3(C)C2CCC3[C@H](C)/C=C/[C@H](C)C(C)C)C[C@@H](O)C[C@@H]1O. The molecule has 3 rings (SSSR count). The van der Waals surface area contributed by atoms with Gasteiger partial charge in [-0.3, -0.25) is 0 Å². The maximum absolute atomic E-state index is 10.2. The van der Waals surface area contributed by atoms with E-state index >= 15 is 0 Å². The van der Waals surface area contributed by atoms with E-state index in [4.69, 9.17) is 0 Å². The molecule has 1 saturated carbocycles. The average molecular weight is 413 g/mol. The van der Waals surface area contributed by atoms with Crippen molar-refractivity contribution in [3.63, 3.8) is 0 Å². The molecule has 0 aromatic carbocycles. The molecule has 0 amide bonds. The highest BCUT2D eigenvalue weighted by molar-refractivity contribution is 5.37. The number of aliphatic hydroxyl groups excluding tert-OH is 2. The Bertz CT molecular complexity index is 725. The Morgan fingerprint density at radius 3 is 2.50 bits per heavy atom. The molecule has 0 aromatic heterocycles. The number of allylic oxidation sites excluding steroid dienone is 6. The van der Waals surface area contributed by atoms with Crippen molar-refractivity contribution < 1.29 is 10.2 Å². The standard InChI is InChI=1S/C28H44O2/c1-18(2)19(3)9-10-20(4)25-13-14-26-22(8-7-15-28(25,26)6)11-12-23-16-24(29)17-27(30)21(23)5/h8-12,18-20,24-27,29-30H,7,13-17H2,1-6H3/b10-9+,12-11-/t19-,20+,24+,25?,26?,27-,28+/m0/s1. The van der Waals surface area contributed by atoms with Gasteiger partial charge in [0, 0.05) is 6.42 Å². The van der Waals surface area contributed by atoms with Crippen molar-refractivity contribution in [3.05, 3.63) is 47.1 Å². The van der Waals surface area contributed by atoms with Gasteiger partial charge in [0.1, 0.15) is 0 Å². The molecule has 0 aromatic rings. The number of rotatable bonds is 6. The number of hydrogen-bond donors (Lipinski definition) is 2. The summed E-state index contributed by atoms with van der Waals surface area (Å²) >= 11 is 0. The summed E-state index contributed by atoms with van der Waals surface area (Å²) in [7, 11) is 0. The summed E-state index contributed by atoms with van der Waals surface area (Å²) in [6, 6.07) is 0. The molecule has 168 valence electrons. The molecule has 2 N–H and O–H groups in total. The Hall–Kier alpha value is -1.12. The van der Waals surface area contributed by atoms with Crippen LogP contribution in [0.1, 0.15) is 80.1 Å². The second-order valence-corrected chi connectivity index (χ2v) is 11.0. The van der Waals surface area contributed by atoms with Gasteiger partial charge in [-0.2, -0.15) is 0 Å². The van der Waals surface area contributed by atoms with Crippen LogP contribution in [-0.2, 0) is 0 Å². The fourth-order valence-electron chi connectivity index (χ4n) is 6.16. The molecule has 3 aliphatic carbocycles. The highest BCUT2D eigenvalue weighted by atomic mass is 16.3. The normalized spacial score (nSPS) is 37.2. The molecule has 2 heteroatoms. The average Bonchev–Trinajstić information content (AvgIpc) is 3.04. The van der Waals surface area contributed by atoms with Crippen LogP contribution in [-0.4, -0.2) is 22.4 Å². The van der Waals surface area contributed by atoms with Crippen LogP contribution in [0, 0.1) is 35.0 Å². The van der Waals surface area contributed by atoms with Gasteiger partial charge in [0.05, 0.1) is 12.2 Å². The fourth-order valence-corrected chi connectivity index (χ4v) is 6.16. The van der Waals surface area contributed by atoms with Crippen LogP contribution in [0.15, 0.2) is 47.1 Å². The zero-order chi connectivity index (χ0) is 22.1. The Morgan fingerprint density at radius 1 is 1.07 bits per heavy atom. The number of fused-ring (bicyclic) bond motifs is 1. The quantitative estimate of drug-likeness (QED) is 0.482. The molecular weight excluding hydrogens is 368 g/mol. The van der Waals surface area contributed by atoms with Gasteiger partial charge in [0.25, 0.3) is 0 Å². The summed E-state index contributed by atoms with van der Waals surface area (Å²) in [5, 5.41) is 20.3. The van der Waals surface area contributed by atoms with Crippen molar-refractivity contribution in [1.82, 2.24) is 0 Å². The largest absolute Gasteiger partial charge is 0.393 e. The van der Waals surface area contributed by atoms with E-state index in [1.807, 2.05) is 6.92 Å². The Kier molecular flexibility index (Phi) is 7.51. The molecule has 0 saturated heterocycles. The topological polar surface area (TPSA) is 40.5 Å². The first-order valence-electron chi connectivity index (χ1n) is 12.3. The smallest absolute Gasteiger partial charge is 0.0777 e. The Balaban J connectivity index is 1.74. The van der Waals surface area contributed by atoms with Gasteiger partial charge in [-0.05, 0) is 90.8 Å². The van der Waals surface area contributed by atoms with Crippen molar-refractivity contribution in [2.45, 2.75) is 92.3 Å². The molecule has 0 bridgehead atoms. The third-order valence-corrected chi connectivity index (χ3v) is 8.71. The summed E-state index contributed by atoms with van der Waals surface area (Å²) in [4.78, 5) is 0. The molecule has 3 aliphatic rings. The minimum Gasteiger partial charge on any atom is -0.393 e. The zero-order valence-corrected chi connectivity index (χ0v) is 20.1. The third-order valence-electron chi connectivity index (χ3n) is 8.71. The van der Waals surface area contributed by atoms with Crippen LogP contribution in [0.3, 0.4) is 0 Å². The lowest BCUT2D eigenvalue weighted by molar-refractivity contribution is 0.0879. The van der Waals surface area contributed by atoms with Crippen LogP contribution >= 0.6 is 0 Å². The van der Waals surface area contributed by atoms with Gasteiger partial charge >= 0.3 is 0 Å². The second-order valence-electron chi connectivity index (χ2n) is 11.0. The van der Waals surface area contributed by atoms with E-state index in [1.54, 1.807) is 0 Å². The summed E-state index contributed by atoms with van der Waals surface area (Å²) < 4.78 is 0. The molecule has 1 fully saturated rings. The van der Waals surface area contributed by atoms with Gasteiger partial charge in [-0.25, -0.2) is 0 Å². The first-order valence-corrected chi connectivity index (χ1v) is 12.3. The van der Waals surface area contributed by atoms with Crippen LogP contribution in [0.2, 0.25) is 0 Å². The molecular formula is C28H44O2. The maximum atomic E-state index is 10.2. The van der Waals surface area contributed by atoms with Gasteiger partial charge in [0.15, 0.2) is 0 Å².